The maximum absolute atomic E-state index is 13.4. The maximum atomic E-state index is 13.4. The summed E-state index contributed by atoms with van der Waals surface area (Å²) in [5, 5.41) is 3.16. The predicted octanol–water partition coefficient (Wildman–Crippen LogP) is 4.56. The number of ether oxygens (including phenoxy) is 2. The monoisotopic (exact) mass is 452 g/mol. The van der Waals surface area contributed by atoms with Crippen LogP contribution in [0.3, 0.4) is 0 Å². The number of methoxy groups -OCH3 is 1. The lowest BCUT2D eigenvalue weighted by Gasteiger charge is -2.31. The van der Waals surface area contributed by atoms with Gasteiger partial charge in [-0.1, -0.05) is 38.0 Å². The van der Waals surface area contributed by atoms with Gasteiger partial charge in [-0.15, -0.1) is 0 Å². The molecule has 33 heavy (non-hydrogen) atoms. The van der Waals surface area contributed by atoms with E-state index in [-0.39, 0.29) is 24.5 Å². The Morgan fingerprint density at radius 1 is 1.03 bits per heavy atom. The van der Waals surface area contributed by atoms with E-state index < -0.39 is 6.04 Å². The highest BCUT2D eigenvalue weighted by Gasteiger charge is 2.30. The van der Waals surface area contributed by atoms with Crippen molar-refractivity contribution in [1.29, 1.82) is 0 Å². The quantitative estimate of drug-likeness (QED) is 0.574. The highest BCUT2D eigenvalue weighted by Crippen LogP contribution is 2.21. The van der Waals surface area contributed by atoms with E-state index in [0.29, 0.717) is 18.7 Å². The van der Waals surface area contributed by atoms with Crippen LogP contribution in [0, 0.1) is 13.8 Å². The highest BCUT2D eigenvalue weighted by atomic mass is 16.5. The van der Waals surface area contributed by atoms with Gasteiger partial charge in [-0.05, 0) is 74.1 Å². The van der Waals surface area contributed by atoms with E-state index in [4.69, 9.17) is 9.47 Å². The van der Waals surface area contributed by atoms with Gasteiger partial charge >= 0.3 is 0 Å². The Bertz CT molecular complexity index is 915. The maximum Gasteiger partial charge on any atom is 0.261 e. The minimum Gasteiger partial charge on any atom is -0.497 e. The minimum atomic E-state index is -0.553. The normalized spacial score (nSPS) is 14.5. The summed E-state index contributed by atoms with van der Waals surface area (Å²) in [6, 6.07) is 13.1. The average Bonchev–Trinajstić information content (AvgIpc) is 3.30. The van der Waals surface area contributed by atoms with Gasteiger partial charge in [0.25, 0.3) is 5.91 Å². The molecule has 0 saturated heterocycles. The van der Waals surface area contributed by atoms with Crippen molar-refractivity contribution in [2.75, 3.05) is 13.7 Å². The molecule has 3 rings (SSSR count). The molecule has 1 N–H and O–H groups in total. The SMILES string of the molecule is CC[C@H](C(=O)NC1CCCC1)N(Cc1ccc(OC)cc1)C(=O)COc1cc(C)cc(C)c1. The Morgan fingerprint density at radius 2 is 1.67 bits per heavy atom. The second kappa shape index (κ2) is 11.7. The van der Waals surface area contributed by atoms with Crippen molar-refractivity contribution in [3.05, 3.63) is 59.2 Å². The zero-order valence-electron chi connectivity index (χ0n) is 20.2. The molecule has 0 bridgehead atoms. The van der Waals surface area contributed by atoms with Crippen LogP contribution in [0.1, 0.15) is 55.7 Å². The van der Waals surface area contributed by atoms with Crippen LogP contribution in [0.5, 0.6) is 11.5 Å². The standard InChI is InChI=1S/C27H36N2O4/c1-5-25(27(31)28-22-8-6-7-9-22)29(17-21-10-12-23(32-4)13-11-21)26(30)18-33-24-15-19(2)14-20(3)16-24/h10-16,22,25H,5-9,17-18H2,1-4H3,(H,28,31)/t25-/m1/s1. The van der Waals surface area contributed by atoms with Crippen LogP contribution in [0.2, 0.25) is 0 Å². The van der Waals surface area contributed by atoms with E-state index in [1.165, 1.54) is 0 Å². The topological polar surface area (TPSA) is 67.9 Å². The van der Waals surface area contributed by atoms with Crippen LogP contribution < -0.4 is 14.8 Å². The average molecular weight is 453 g/mol. The largest absolute Gasteiger partial charge is 0.497 e. The highest BCUT2D eigenvalue weighted by molar-refractivity contribution is 5.88. The molecule has 2 amide bonds. The second-order valence-electron chi connectivity index (χ2n) is 8.90. The molecule has 2 aromatic rings. The summed E-state index contributed by atoms with van der Waals surface area (Å²) >= 11 is 0. The molecule has 0 heterocycles. The van der Waals surface area contributed by atoms with Crippen molar-refractivity contribution >= 4 is 11.8 Å². The van der Waals surface area contributed by atoms with Crippen molar-refractivity contribution in [2.45, 2.75) is 71.5 Å². The van der Waals surface area contributed by atoms with Gasteiger partial charge in [-0.3, -0.25) is 9.59 Å². The first kappa shape index (κ1) is 24.6. The first-order valence-electron chi connectivity index (χ1n) is 11.8. The summed E-state index contributed by atoms with van der Waals surface area (Å²) in [5.41, 5.74) is 3.09. The summed E-state index contributed by atoms with van der Waals surface area (Å²) < 4.78 is 11.1. The van der Waals surface area contributed by atoms with Gasteiger partial charge in [0, 0.05) is 12.6 Å². The third kappa shape index (κ3) is 6.98. The summed E-state index contributed by atoms with van der Waals surface area (Å²) in [7, 11) is 1.62. The first-order valence-corrected chi connectivity index (χ1v) is 11.8. The summed E-state index contributed by atoms with van der Waals surface area (Å²) in [6.07, 6.45) is 4.82. The zero-order valence-corrected chi connectivity index (χ0v) is 20.2. The molecule has 6 heteroatoms. The van der Waals surface area contributed by atoms with Gasteiger partial charge in [0.2, 0.25) is 5.91 Å². The molecule has 178 valence electrons. The van der Waals surface area contributed by atoms with Crippen LogP contribution in [-0.2, 0) is 16.1 Å². The number of aryl methyl sites for hydroxylation is 2. The Hall–Kier alpha value is -3.02. The van der Waals surface area contributed by atoms with Gasteiger partial charge in [0.1, 0.15) is 17.5 Å². The van der Waals surface area contributed by atoms with Crippen LogP contribution in [0.4, 0.5) is 0 Å². The number of rotatable bonds is 10. The Balaban J connectivity index is 1.77. The number of benzene rings is 2. The van der Waals surface area contributed by atoms with Gasteiger partial charge in [0.05, 0.1) is 7.11 Å². The molecule has 6 nitrogen and oxygen atoms in total. The fourth-order valence-electron chi connectivity index (χ4n) is 4.46. The number of hydrogen-bond donors (Lipinski definition) is 1. The Labute approximate surface area is 197 Å². The summed E-state index contributed by atoms with van der Waals surface area (Å²) in [6.45, 7) is 6.15. The number of nitrogens with zero attached hydrogens (tertiary/aromatic N) is 1. The number of carbonyl (C=O) groups excluding carboxylic acids is 2. The lowest BCUT2D eigenvalue weighted by atomic mass is 10.1. The van der Waals surface area contributed by atoms with Crippen molar-refractivity contribution in [1.82, 2.24) is 10.2 Å². The number of carbonyl (C=O) groups is 2. The summed E-state index contributed by atoms with van der Waals surface area (Å²) in [5.74, 6) is 1.12. The van der Waals surface area contributed by atoms with E-state index in [1.807, 2.05) is 57.2 Å². The zero-order chi connectivity index (χ0) is 23.8. The summed E-state index contributed by atoms with van der Waals surface area (Å²) in [4.78, 5) is 28.2. The Morgan fingerprint density at radius 3 is 2.24 bits per heavy atom. The van der Waals surface area contributed by atoms with Gasteiger partial charge in [0.15, 0.2) is 6.61 Å². The minimum absolute atomic E-state index is 0.0855. The molecular weight excluding hydrogens is 416 g/mol. The van der Waals surface area contributed by atoms with E-state index in [1.54, 1.807) is 12.0 Å². The fourth-order valence-corrected chi connectivity index (χ4v) is 4.46. The lowest BCUT2D eigenvalue weighted by Crippen LogP contribution is -2.52. The Kier molecular flexibility index (Phi) is 8.75. The van der Waals surface area contributed by atoms with E-state index in [2.05, 4.69) is 11.4 Å². The molecule has 1 saturated carbocycles. The molecule has 2 aromatic carbocycles. The van der Waals surface area contributed by atoms with Gasteiger partial charge in [-0.25, -0.2) is 0 Å². The van der Waals surface area contributed by atoms with Gasteiger partial charge < -0.3 is 19.7 Å². The molecular formula is C27H36N2O4. The van der Waals surface area contributed by atoms with Crippen LogP contribution in [0.25, 0.3) is 0 Å². The van der Waals surface area contributed by atoms with Crippen LogP contribution in [-0.4, -0.2) is 42.5 Å². The molecule has 0 aromatic heterocycles. The molecule has 1 fully saturated rings. The number of amides is 2. The van der Waals surface area contributed by atoms with E-state index in [0.717, 1.165) is 48.1 Å². The van der Waals surface area contributed by atoms with E-state index >= 15 is 0 Å². The van der Waals surface area contributed by atoms with Gasteiger partial charge in [-0.2, -0.15) is 0 Å². The third-order valence-corrected chi connectivity index (χ3v) is 6.16. The fraction of sp³-hybridized carbons (Fsp3) is 0.481. The smallest absolute Gasteiger partial charge is 0.261 e. The molecule has 1 atom stereocenters. The molecule has 0 aliphatic heterocycles. The molecule has 1 aliphatic carbocycles. The molecule has 0 radical (unpaired) electrons. The predicted molar refractivity (Wildman–Crippen MR) is 129 cm³/mol. The lowest BCUT2D eigenvalue weighted by molar-refractivity contribution is -0.143. The number of nitrogens with one attached hydrogen (secondary N) is 1. The second-order valence-corrected chi connectivity index (χ2v) is 8.90. The van der Waals surface area contributed by atoms with Crippen molar-refractivity contribution in [2.24, 2.45) is 0 Å². The first-order chi connectivity index (χ1) is 15.9. The van der Waals surface area contributed by atoms with Crippen molar-refractivity contribution in [3.8, 4) is 11.5 Å². The number of hydrogen-bond acceptors (Lipinski definition) is 4. The van der Waals surface area contributed by atoms with Crippen molar-refractivity contribution in [3.63, 3.8) is 0 Å². The van der Waals surface area contributed by atoms with Crippen LogP contribution in [0.15, 0.2) is 42.5 Å². The molecule has 0 spiro atoms. The van der Waals surface area contributed by atoms with E-state index in [9.17, 15) is 9.59 Å². The molecule has 0 unspecified atom stereocenters. The molecule has 1 aliphatic rings. The third-order valence-electron chi connectivity index (χ3n) is 6.16. The van der Waals surface area contributed by atoms with Crippen molar-refractivity contribution < 1.29 is 19.1 Å². The van der Waals surface area contributed by atoms with Crippen LogP contribution >= 0.6 is 0 Å².